The first kappa shape index (κ1) is 9.89. The highest BCUT2D eigenvalue weighted by molar-refractivity contribution is 9.10. The number of Topliss-reactive ketones (excluding diaryl/α,β-unsaturated/α-hetero) is 1. The quantitative estimate of drug-likeness (QED) is 0.831. The summed E-state index contributed by atoms with van der Waals surface area (Å²) in [6.45, 7) is 2.38. The molecule has 1 aromatic heterocycles. The second-order valence-electron chi connectivity index (χ2n) is 2.52. The van der Waals surface area contributed by atoms with Gasteiger partial charge in [0.1, 0.15) is 0 Å². The largest absolute Gasteiger partial charge is 0.313 e. The Labute approximate surface area is 84.1 Å². The first-order chi connectivity index (χ1) is 5.66. The average Bonchev–Trinajstić information content (AvgIpc) is 2.34. The summed E-state index contributed by atoms with van der Waals surface area (Å²) in [4.78, 5) is 12.2. The summed E-state index contributed by atoms with van der Waals surface area (Å²) in [7, 11) is 1.77. The summed E-state index contributed by atoms with van der Waals surface area (Å²) < 4.78 is 0.938. The van der Waals surface area contributed by atoms with Gasteiger partial charge in [0.15, 0.2) is 5.78 Å². The van der Waals surface area contributed by atoms with Crippen molar-refractivity contribution in [3.05, 3.63) is 20.3 Å². The first-order valence-electron chi connectivity index (χ1n) is 3.58. The van der Waals surface area contributed by atoms with Gasteiger partial charge in [0.2, 0.25) is 0 Å². The van der Waals surface area contributed by atoms with Gasteiger partial charge in [-0.25, -0.2) is 0 Å². The Morgan fingerprint density at radius 3 is 2.83 bits per heavy atom. The van der Waals surface area contributed by atoms with Gasteiger partial charge < -0.3 is 5.32 Å². The normalized spacial score (nSPS) is 10.2. The fourth-order valence-corrected chi connectivity index (χ4v) is 2.51. The van der Waals surface area contributed by atoms with Gasteiger partial charge in [-0.1, -0.05) is 0 Å². The summed E-state index contributed by atoms with van der Waals surface area (Å²) >= 11 is 4.87. The van der Waals surface area contributed by atoms with Crippen molar-refractivity contribution in [3.63, 3.8) is 0 Å². The second kappa shape index (κ2) is 4.16. The van der Waals surface area contributed by atoms with E-state index in [9.17, 15) is 4.79 Å². The van der Waals surface area contributed by atoms with E-state index < -0.39 is 0 Å². The Bertz CT molecular complexity index is 295. The molecule has 0 aliphatic rings. The van der Waals surface area contributed by atoms with Crippen molar-refractivity contribution >= 4 is 33.0 Å². The molecule has 0 unspecified atom stereocenters. The average molecular weight is 248 g/mol. The lowest BCUT2D eigenvalue weighted by Gasteiger charge is -1.96. The van der Waals surface area contributed by atoms with Gasteiger partial charge in [-0.3, -0.25) is 4.79 Å². The van der Waals surface area contributed by atoms with Crippen LogP contribution in [0.1, 0.15) is 15.2 Å². The van der Waals surface area contributed by atoms with E-state index in [0.717, 1.165) is 14.9 Å². The number of hydrogen-bond donors (Lipinski definition) is 1. The van der Waals surface area contributed by atoms with E-state index in [1.54, 1.807) is 7.05 Å². The second-order valence-corrected chi connectivity index (χ2v) is 4.19. The van der Waals surface area contributed by atoms with E-state index >= 15 is 0 Å². The van der Waals surface area contributed by atoms with Crippen LogP contribution >= 0.6 is 27.3 Å². The molecule has 12 heavy (non-hydrogen) atoms. The molecule has 0 saturated heterocycles. The van der Waals surface area contributed by atoms with E-state index in [2.05, 4.69) is 21.2 Å². The van der Waals surface area contributed by atoms with Crippen LogP contribution in [-0.2, 0) is 0 Å². The van der Waals surface area contributed by atoms with Crippen LogP contribution in [0.15, 0.2) is 9.85 Å². The minimum Gasteiger partial charge on any atom is -0.313 e. The molecule has 66 valence electrons. The van der Waals surface area contributed by atoms with Crippen molar-refractivity contribution in [2.75, 3.05) is 13.6 Å². The third kappa shape index (κ3) is 1.94. The molecular formula is C8H10BrNOS. The Balaban J connectivity index is 2.88. The predicted octanol–water partition coefficient (Wildman–Crippen LogP) is 2.22. The molecule has 0 aliphatic heterocycles. The number of aryl methyl sites for hydroxylation is 1. The number of likely N-dealkylation sites (N-methyl/N-ethyl adjacent to an activating group) is 1. The van der Waals surface area contributed by atoms with Crippen LogP contribution in [0.4, 0.5) is 0 Å². The van der Waals surface area contributed by atoms with Crippen LogP contribution in [0, 0.1) is 6.92 Å². The number of rotatable bonds is 3. The maximum Gasteiger partial charge on any atom is 0.187 e. The van der Waals surface area contributed by atoms with E-state index in [0.29, 0.717) is 6.54 Å². The Morgan fingerprint density at radius 2 is 2.42 bits per heavy atom. The van der Waals surface area contributed by atoms with Gasteiger partial charge >= 0.3 is 0 Å². The van der Waals surface area contributed by atoms with E-state index in [-0.39, 0.29) is 5.78 Å². The highest BCUT2D eigenvalue weighted by Crippen LogP contribution is 2.27. The summed E-state index contributed by atoms with van der Waals surface area (Å²) in [5.74, 6) is 0.141. The third-order valence-corrected chi connectivity index (χ3v) is 3.91. The van der Waals surface area contributed by atoms with Crippen LogP contribution in [0.3, 0.4) is 0 Å². The van der Waals surface area contributed by atoms with Gasteiger partial charge in [-0.15, -0.1) is 11.3 Å². The molecule has 0 radical (unpaired) electrons. The van der Waals surface area contributed by atoms with Crippen molar-refractivity contribution < 1.29 is 4.79 Å². The van der Waals surface area contributed by atoms with E-state index in [4.69, 9.17) is 0 Å². The van der Waals surface area contributed by atoms with Crippen molar-refractivity contribution in [1.29, 1.82) is 0 Å². The summed E-state index contributed by atoms with van der Waals surface area (Å²) in [5.41, 5.74) is 1.12. The molecule has 0 aliphatic carbocycles. The minimum absolute atomic E-state index is 0.141. The van der Waals surface area contributed by atoms with E-state index in [1.807, 2.05) is 12.3 Å². The lowest BCUT2D eigenvalue weighted by molar-refractivity contribution is 0.0996. The maximum absolute atomic E-state index is 11.4. The lowest BCUT2D eigenvalue weighted by Crippen LogP contribution is -2.17. The van der Waals surface area contributed by atoms with Crippen LogP contribution in [0.25, 0.3) is 0 Å². The predicted molar refractivity (Wildman–Crippen MR) is 55.0 cm³/mol. The highest BCUT2D eigenvalue weighted by atomic mass is 79.9. The summed E-state index contributed by atoms with van der Waals surface area (Å²) in [5, 5.41) is 4.82. The Kier molecular flexibility index (Phi) is 3.43. The topological polar surface area (TPSA) is 29.1 Å². The van der Waals surface area contributed by atoms with Crippen molar-refractivity contribution in [1.82, 2.24) is 5.32 Å². The zero-order valence-corrected chi connectivity index (χ0v) is 9.38. The molecule has 2 nitrogen and oxygen atoms in total. The van der Waals surface area contributed by atoms with Crippen molar-refractivity contribution in [2.45, 2.75) is 6.92 Å². The molecule has 0 amide bonds. The van der Waals surface area contributed by atoms with Crippen molar-refractivity contribution in [2.24, 2.45) is 0 Å². The molecule has 0 spiro atoms. The van der Waals surface area contributed by atoms with Gasteiger partial charge in [-0.2, -0.15) is 0 Å². The molecule has 0 aromatic carbocycles. The minimum atomic E-state index is 0.141. The number of nitrogens with one attached hydrogen (secondary N) is 1. The number of thiophene rings is 1. The SMILES string of the molecule is CNCC(=O)c1scc(C)c1Br. The standard InChI is InChI=1S/C8H10BrNOS/c1-5-4-12-8(7(5)9)6(11)3-10-2/h4,10H,3H2,1-2H3. The number of carbonyl (C=O) groups is 1. The number of hydrogen-bond acceptors (Lipinski definition) is 3. The maximum atomic E-state index is 11.4. The fourth-order valence-electron chi connectivity index (χ4n) is 0.859. The molecule has 0 bridgehead atoms. The molecule has 0 fully saturated rings. The first-order valence-corrected chi connectivity index (χ1v) is 5.25. The number of halogens is 1. The van der Waals surface area contributed by atoms with Crippen LogP contribution < -0.4 is 5.32 Å². The van der Waals surface area contributed by atoms with Crippen LogP contribution in [-0.4, -0.2) is 19.4 Å². The molecule has 4 heteroatoms. The third-order valence-electron chi connectivity index (χ3n) is 1.49. The van der Waals surface area contributed by atoms with Crippen LogP contribution in [0.5, 0.6) is 0 Å². The summed E-state index contributed by atoms with van der Waals surface area (Å²) in [6, 6.07) is 0. The van der Waals surface area contributed by atoms with Gasteiger partial charge in [0.05, 0.1) is 11.4 Å². The van der Waals surface area contributed by atoms with Gasteiger partial charge in [-0.05, 0) is 40.8 Å². The highest BCUT2D eigenvalue weighted by Gasteiger charge is 2.12. The lowest BCUT2D eigenvalue weighted by atomic mass is 10.3. The molecule has 0 atom stereocenters. The number of carbonyl (C=O) groups excluding carboxylic acids is 1. The monoisotopic (exact) mass is 247 g/mol. The zero-order chi connectivity index (χ0) is 9.14. The molecule has 1 N–H and O–H groups in total. The van der Waals surface area contributed by atoms with E-state index in [1.165, 1.54) is 11.3 Å². The molecule has 1 heterocycles. The smallest absolute Gasteiger partial charge is 0.187 e. The molecule has 0 saturated carbocycles. The summed E-state index contributed by atoms with van der Waals surface area (Å²) in [6.07, 6.45) is 0. The van der Waals surface area contributed by atoms with Gasteiger partial charge in [0.25, 0.3) is 0 Å². The fraction of sp³-hybridized carbons (Fsp3) is 0.375. The Hall–Kier alpha value is -0.190. The number of ketones is 1. The van der Waals surface area contributed by atoms with Crippen LogP contribution in [0.2, 0.25) is 0 Å². The molecular weight excluding hydrogens is 238 g/mol. The van der Waals surface area contributed by atoms with Crippen molar-refractivity contribution in [3.8, 4) is 0 Å². The zero-order valence-electron chi connectivity index (χ0n) is 6.98. The Morgan fingerprint density at radius 1 is 1.75 bits per heavy atom. The molecule has 1 aromatic rings. The van der Waals surface area contributed by atoms with Gasteiger partial charge in [0, 0.05) is 4.47 Å². The molecule has 1 rings (SSSR count).